The summed E-state index contributed by atoms with van der Waals surface area (Å²) in [6.07, 6.45) is 74.5. The van der Waals surface area contributed by atoms with Crippen LogP contribution in [0.15, 0.2) is 60.8 Å². The number of carbonyl (C=O) groups excluding carboxylic acids is 1. The van der Waals surface area contributed by atoms with Crippen molar-refractivity contribution in [2.24, 2.45) is 0 Å². The lowest BCUT2D eigenvalue weighted by Crippen LogP contribution is -2.46. The molecule has 428 valence electrons. The highest BCUT2D eigenvalue weighted by atomic mass is 31.2. The minimum absolute atomic E-state index is 0.0133. The summed E-state index contributed by atoms with van der Waals surface area (Å²) < 4.78 is 23.3. The van der Waals surface area contributed by atoms with E-state index in [2.05, 4.69) is 79.9 Å². The second-order valence-electron chi connectivity index (χ2n) is 22.4. The third-order valence-corrected chi connectivity index (χ3v) is 15.0. The molecular weight excluding hydrogens is 924 g/mol. The van der Waals surface area contributed by atoms with E-state index in [0.717, 1.165) is 70.6 Å². The Morgan fingerprint density at radius 3 is 1.22 bits per heavy atom. The predicted octanol–water partition coefficient (Wildman–Crippen LogP) is 18.6. The average Bonchev–Trinajstić information content (AvgIpc) is 3.35. The number of hydrogen-bond acceptors (Lipinski definition) is 6. The molecule has 0 aromatic heterocycles. The molecule has 0 aliphatic carbocycles. The molecule has 2 N–H and O–H groups in total. The van der Waals surface area contributed by atoms with Gasteiger partial charge in [0.15, 0.2) is 0 Å². The molecule has 0 spiro atoms. The molecule has 0 fully saturated rings. The van der Waals surface area contributed by atoms with Crippen molar-refractivity contribution < 1.29 is 32.9 Å². The summed E-state index contributed by atoms with van der Waals surface area (Å²) in [6, 6.07) is -0.797. The van der Waals surface area contributed by atoms with Crippen LogP contribution < -0.4 is 10.2 Å². The summed E-state index contributed by atoms with van der Waals surface area (Å²) in [5.41, 5.74) is 0. The van der Waals surface area contributed by atoms with Crippen molar-refractivity contribution in [3.05, 3.63) is 60.8 Å². The number of nitrogens with zero attached hydrogens (tertiary/aromatic N) is 1. The van der Waals surface area contributed by atoms with Crippen LogP contribution in [0, 0.1) is 0 Å². The minimum atomic E-state index is -4.56. The van der Waals surface area contributed by atoms with Gasteiger partial charge in [-0.25, -0.2) is 0 Å². The van der Waals surface area contributed by atoms with Crippen molar-refractivity contribution in [1.82, 2.24) is 5.32 Å². The van der Waals surface area contributed by atoms with Gasteiger partial charge in [0, 0.05) is 6.42 Å². The van der Waals surface area contributed by atoms with Crippen molar-refractivity contribution >= 4 is 13.7 Å². The second-order valence-corrected chi connectivity index (χ2v) is 23.8. The summed E-state index contributed by atoms with van der Waals surface area (Å²) in [4.78, 5) is 25.4. The van der Waals surface area contributed by atoms with Gasteiger partial charge < -0.3 is 28.8 Å². The van der Waals surface area contributed by atoms with E-state index in [9.17, 15) is 19.4 Å². The van der Waals surface area contributed by atoms with Crippen LogP contribution in [0.25, 0.3) is 0 Å². The Morgan fingerprint density at radius 1 is 0.493 bits per heavy atom. The molecule has 3 atom stereocenters. The highest BCUT2D eigenvalue weighted by Gasteiger charge is 2.24. The van der Waals surface area contributed by atoms with Crippen molar-refractivity contribution in [1.29, 1.82) is 0 Å². The van der Waals surface area contributed by atoms with E-state index in [1.807, 2.05) is 21.1 Å². The molecule has 0 rings (SSSR count). The Hall–Kier alpha value is -1.80. The first-order valence-electron chi connectivity index (χ1n) is 31.1. The number of amides is 1. The fourth-order valence-electron chi connectivity index (χ4n) is 9.19. The van der Waals surface area contributed by atoms with Crippen LogP contribution in [-0.4, -0.2) is 68.5 Å². The number of aliphatic hydroxyl groups is 1. The number of hydrogen-bond donors (Lipinski definition) is 2. The zero-order valence-corrected chi connectivity index (χ0v) is 49.7. The number of aliphatic hydroxyl groups excluding tert-OH is 1. The zero-order chi connectivity index (χ0) is 53.5. The Bertz CT molecular complexity index is 1370. The Morgan fingerprint density at radius 2 is 0.836 bits per heavy atom. The van der Waals surface area contributed by atoms with E-state index in [1.54, 1.807) is 0 Å². The second kappa shape index (κ2) is 55.0. The van der Waals surface area contributed by atoms with E-state index < -0.39 is 20.0 Å². The van der Waals surface area contributed by atoms with Crippen LogP contribution in [-0.2, 0) is 18.4 Å². The van der Waals surface area contributed by atoms with E-state index >= 15 is 0 Å². The standard InChI is InChI=1S/C64H121N2O6P/c1-6-8-10-12-14-16-18-19-20-21-22-23-24-25-26-27-28-29-30-31-32-33-34-35-36-37-38-39-40-41-42-43-44-45-46-47-48-50-52-54-56-58-64(68)65-62(61-72-73(69,70)71-60-59-66(3,4)5)63(67)57-55-53-51-49-17-15-13-11-9-7-2/h8,10,14,16,19-20,22-23,25-26,62-63,67H,6-7,9,11-13,15,17-18,21,24,27-61H2,1-5H3,(H-,65,68,69,70)/b10-8-,16-14-,20-19-,23-22-,26-25-. The smallest absolute Gasteiger partial charge is 0.268 e. The maximum atomic E-state index is 12.9. The van der Waals surface area contributed by atoms with Gasteiger partial charge in [-0.3, -0.25) is 9.36 Å². The van der Waals surface area contributed by atoms with Crippen LogP contribution in [0.2, 0.25) is 0 Å². The molecule has 0 aromatic rings. The van der Waals surface area contributed by atoms with Crippen LogP contribution in [0.5, 0.6) is 0 Å². The molecule has 9 heteroatoms. The van der Waals surface area contributed by atoms with Gasteiger partial charge in [-0.1, -0.05) is 286 Å². The summed E-state index contributed by atoms with van der Waals surface area (Å²) in [7, 11) is 1.31. The molecule has 73 heavy (non-hydrogen) atoms. The first-order chi connectivity index (χ1) is 35.5. The molecule has 0 radical (unpaired) electrons. The number of phosphoric acid groups is 1. The molecule has 0 aliphatic heterocycles. The van der Waals surface area contributed by atoms with Gasteiger partial charge in [0.2, 0.25) is 5.91 Å². The molecule has 0 saturated carbocycles. The number of likely N-dealkylation sites (N-methyl/N-ethyl adjacent to an activating group) is 1. The molecule has 8 nitrogen and oxygen atoms in total. The maximum Gasteiger partial charge on any atom is 0.268 e. The minimum Gasteiger partial charge on any atom is -0.756 e. The number of phosphoric ester groups is 1. The van der Waals surface area contributed by atoms with Gasteiger partial charge in [-0.2, -0.15) is 0 Å². The van der Waals surface area contributed by atoms with Crippen molar-refractivity contribution in [3.8, 4) is 0 Å². The Balaban J connectivity index is 3.79. The lowest BCUT2D eigenvalue weighted by molar-refractivity contribution is -0.870. The lowest BCUT2D eigenvalue weighted by Gasteiger charge is -2.30. The molecule has 0 heterocycles. The number of rotatable bonds is 57. The largest absolute Gasteiger partial charge is 0.756 e. The lowest BCUT2D eigenvalue weighted by atomic mass is 10.0. The van der Waals surface area contributed by atoms with Gasteiger partial charge >= 0.3 is 0 Å². The van der Waals surface area contributed by atoms with Crippen LogP contribution in [0.3, 0.4) is 0 Å². The van der Waals surface area contributed by atoms with Crippen LogP contribution in [0.1, 0.15) is 290 Å². The van der Waals surface area contributed by atoms with E-state index in [1.165, 1.54) is 193 Å². The van der Waals surface area contributed by atoms with Gasteiger partial charge in [-0.05, 0) is 57.8 Å². The van der Waals surface area contributed by atoms with Crippen molar-refractivity contribution in [3.63, 3.8) is 0 Å². The first-order valence-corrected chi connectivity index (χ1v) is 32.6. The molecule has 1 amide bonds. The topological polar surface area (TPSA) is 108 Å². The van der Waals surface area contributed by atoms with E-state index in [0.29, 0.717) is 23.9 Å². The molecule has 0 saturated heterocycles. The molecule has 0 bridgehead atoms. The summed E-state index contributed by atoms with van der Waals surface area (Å²) in [6.45, 7) is 4.61. The number of allylic oxidation sites excluding steroid dienone is 10. The third kappa shape index (κ3) is 57.7. The fourth-order valence-corrected chi connectivity index (χ4v) is 9.91. The molecule has 0 aliphatic rings. The number of quaternary nitrogens is 1. The number of nitrogens with one attached hydrogen (secondary N) is 1. The van der Waals surface area contributed by atoms with Crippen molar-refractivity contribution in [2.45, 2.75) is 302 Å². The summed E-state index contributed by atoms with van der Waals surface area (Å²) in [5, 5.41) is 13.9. The van der Waals surface area contributed by atoms with Gasteiger partial charge in [0.1, 0.15) is 13.2 Å². The average molecular weight is 1050 g/mol. The highest BCUT2D eigenvalue weighted by Crippen LogP contribution is 2.38. The third-order valence-electron chi connectivity index (χ3n) is 14.0. The maximum absolute atomic E-state index is 12.9. The first kappa shape index (κ1) is 71.2. The van der Waals surface area contributed by atoms with Crippen LogP contribution in [0.4, 0.5) is 0 Å². The van der Waals surface area contributed by atoms with E-state index in [4.69, 9.17) is 9.05 Å². The summed E-state index contributed by atoms with van der Waals surface area (Å²) in [5.74, 6) is -0.162. The van der Waals surface area contributed by atoms with Gasteiger partial charge in [0.05, 0.1) is 39.9 Å². The SMILES string of the molecule is CC/C=C\C/C=C\C/C=C\C/C=C\C/C=C\CCCCCCCCCCCCCCCCCCCCCCCCCCCC(=O)NC(COP(=O)([O-])OCC[N+](C)(C)C)C(O)CCCCCCCCCCCC. The quantitative estimate of drug-likeness (QED) is 0.0272. The molecule has 3 unspecified atom stereocenters. The number of unbranched alkanes of at least 4 members (excludes halogenated alkanes) is 34. The monoisotopic (exact) mass is 1040 g/mol. The predicted molar refractivity (Wildman–Crippen MR) is 316 cm³/mol. The zero-order valence-electron chi connectivity index (χ0n) is 48.8. The normalized spacial score (nSPS) is 14.2. The number of carbonyl (C=O) groups is 1. The van der Waals surface area contributed by atoms with E-state index in [-0.39, 0.29) is 19.1 Å². The van der Waals surface area contributed by atoms with Crippen molar-refractivity contribution in [2.75, 3.05) is 40.9 Å². The van der Waals surface area contributed by atoms with Gasteiger partial charge in [0.25, 0.3) is 7.82 Å². The Kier molecular flexibility index (Phi) is 53.6. The highest BCUT2D eigenvalue weighted by molar-refractivity contribution is 7.45. The van der Waals surface area contributed by atoms with Gasteiger partial charge in [-0.15, -0.1) is 0 Å². The molecule has 0 aromatic carbocycles. The fraction of sp³-hybridized carbons (Fsp3) is 0.828. The molecular formula is C64H121N2O6P. The summed E-state index contributed by atoms with van der Waals surface area (Å²) >= 11 is 0. The Labute approximate surface area is 453 Å². The van der Waals surface area contributed by atoms with Crippen LogP contribution >= 0.6 is 7.82 Å².